The molecule has 0 atom stereocenters. The number of rotatable bonds is 3. The zero-order chi connectivity index (χ0) is 13.9. The molecule has 6 heteroatoms. The van der Waals surface area contributed by atoms with Crippen molar-refractivity contribution in [3.8, 4) is 0 Å². The normalized spacial score (nSPS) is 11.2. The van der Waals surface area contributed by atoms with Crippen LogP contribution in [0.2, 0.25) is 5.02 Å². The highest BCUT2D eigenvalue weighted by molar-refractivity contribution is 7.47. The van der Waals surface area contributed by atoms with Crippen molar-refractivity contribution in [2.45, 2.75) is 27.3 Å². The number of hydrogen-bond donors (Lipinski definition) is 1. The molecule has 0 aliphatic rings. The van der Waals surface area contributed by atoms with Crippen LogP contribution < -0.4 is 5.32 Å². The van der Waals surface area contributed by atoms with Crippen LogP contribution in [0.5, 0.6) is 0 Å². The lowest BCUT2D eigenvalue weighted by molar-refractivity contribution is -0.128. The SMILES string of the molecule is CC(C)(C)C(=O)NCc1ccc(Cl)c(N=S)c1F. The Hall–Kier alpha value is -1.07. The van der Waals surface area contributed by atoms with Crippen LogP contribution in [0.1, 0.15) is 26.3 Å². The van der Waals surface area contributed by atoms with E-state index in [-0.39, 0.29) is 23.2 Å². The number of amides is 1. The Morgan fingerprint density at radius 3 is 2.61 bits per heavy atom. The number of carbonyl (C=O) groups excluding carboxylic acids is 1. The minimum Gasteiger partial charge on any atom is -0.351 e. The minimum atomic E-state index is -0.591. The van der Waals surface area contributed by atoms with Crippen molar-refractivity contribution >= 4 is 35.6 Å². The van der Waals surface area contributed by atoms with Crippen molar-refractivity contribution in [2.24, 2.45) is 9.78 Å². The van der Waals surface area contributed by atoms with Gasteiger partial charge in [-0.25, -0.2) is 4.39 Å². The van der Waals surface area contributed by atoms with Crippen LogP contribution in [0.4, 0.5) is 10.1 Å². The Morgan fingerprint density at radius 1 is 1.50 bits per heavy atom. The summed E-state index contributed by atoms with van der Waals surface area (Å²) in [6, 6.07) is 3.01. The molecule has 18 heavy (non-hydrogen) atoms. The molecule has 1 N–H and O–H groups in total. The van der Waals surface area contributed by atoms with Crippen LogP contribution in [-0.4, -0.2) is 5.91 Å². The summed E-state index contributed by atoms with van der Waals surface area (Å²) in [6.45, 7) is 5.43. The highest BCUT2D eigenvalue weighted by Crippen LogP contribution is 2.30. The Labute approximate surface area is 116 Å². The Kier molecular flexibility index (Phi) is 4.76. The van der Waals surface area contributed by atoms with Crippen LogP contribution >= 0.6 is 11.6 Å². The molecule has 98 valence electrons. The van der Waals surface area contributed by atoms with Crippen LogP contribution in [-0.2, 0) is 23.8 Å². The highest BCUT2D eigenvalue weighted by Gasteiger charge is 2.21. The van der Waals surface area contributed by atoms with E-state index in [4.69, 9.17) is 11.6 Å². The molecule has 3 nitrogen and oxygen atoms in total. The molecular weight excluding hydrogens is 275 g/mol. The molecule has 0 spiro atoms. The van der Waals surface area contributed by atoms with Gasteiger partial charge < -0.3 is 5.32 Å². The molecule has 0 fully saturated rings. The second-order valence-electron chi connectivity index (χ2n) is 4.89. The summed E-state index contributed by atoms with van der Waals surface area (Å²) in [7, 11) is 0. The number of nitrogens with one attached hydrogen (secondary N) is 1. The van der Waals surface area contributed by atoms with Gasteiger partial charge in [-0.3, -0.25) is 4.79 Å². The zero-order valence-corrected chi connectivity index (χ0v) is 12.0. The first-order valence-electron chi connectivity index (χ1n) is 5.36. The summed E-state index contributed by atoms with van der Waals surface area (Å²) < 4.78 is 17.3. The van der Waals surface area contributed by atoms with Gasteiger partial charge in [-0.15, -0.1) is 0 Å². The molecule has 1 aromatic carbocycles. The predicted octanol–water partition coefficient (Wildman–Crippen LogP) is 3.50. The maximum absolute atomic E-state index is 13.9. The summed E-state index contributed by atoms with van der Waals surface area (Å²) in [5.41, 5.74) is -0.275. The zero-order valence-electron chi connectivity index (χ0n) is 10.4. The molecule has 1 rings (SSSR count). The van der Waals surface area contributed by atoms with Gasteiger partial charge in [0.1, 0.15) is 5.69 Å². The maximum atomic E-state index is 13.9. The summed E-state index contributed by atoms with van der Waals surface area (Å²) in [5.74, 6) is -0.750. The van der Waals surface area contributed by atoms with E-state index in [1.807, 2.05) is 0 Å². The first kappa shape index (κ1) is 15.0. The lowest BCUT2D eigenvalue weighted by atomic mass is 9.95. The first-order chi connectivity index (χ1) is 8.27. The fraction of sp³-hybridized carbons (Fsp3) is 0.417. The van der Waals surface area contributed by atoms with E-state index >= 15 is 0 Å². The molecule has 0 saturated heterocycles. The molecule has 0 heterocycles. The summed E-state index contributed by atoms with van der Waals surface area (Å²) in [6.07, 6.45) is 0. The van der Waals surface area contributed by atoms with E-state index in [9.17, 15) is 9.18 Å². The van der Waals surface area contributed by atoms with E-state index in [1.165, 1.54) is 12.1 Å². The monoisotopic (exact) mass is 288 g/mol. The van der Waals surface area contributed by atoms with Crippen LogP contribution in [0.25, 0.3) is 0 Å². The molecule has 0 saturated carbocycles. The first-order valence-corrected chi connectivity index (χ1v) is 6.10. The Balaban J connectivity index is 2.87. The van der Waals surface area contributed by atoms with Crippen molar-refractivity contribution in [2.75, 3.05) is 0 Å². The van der Waals surface area contributed by atoms with Gasteiger partial charge in [-0.05, 0) is 6.07 Å². The second kappa shape index (κ2) is 5.71. The number of benzene rings is 1. The van der Waals surface area contributed by atoms with E-state index in [0.717, 1.165) is 0 Å². The van der Waals surface area contributed by atoms with Gasteiger partial charge in [0.25, 0.3) is 0 Å². The molecule has 1 aromatic rings. The average molecular weight is 289 g/mol. The number of nitrogens with zero attached hydrogens (tertiary/aromatic N) is 1. The van der Waals surface area contributed by atoms with Crippen LogP contribution in [0.3, 0.4) is 0 Å². The van der Waals surface area contributed by atoms with Gasteiger partial charge in [-0.2, -0.15) is 4.36 Å². The third-order valence-electron chi connectivity index (χ3n) is 2.36. The van der Waals surface area contributed by atoms with Gasteiger partial charge in [0, 0.05) is 29.9 Å². The van der Waals surface area contributed by atoms with E-state index in [2.05, 4.69) is 22.1 Å². The number of halogens is 2. The van der Waals surface area contributed by atoms with Gasteiger partial charge >= 0.3 is 0 Å². The Bertz CT molecular complexity index is 486. The summed E-state index contributed by atoms with van der Waals surface area (Å²) in [5, 5.41) is 2.81. The third-order valence-corrected chi connectivity index (χ3v) is 2.85. The molecule has 0 aliphatic carbocycles. The van der Waals surface area contributed by atoms with Gasteiger partial charge in [0.15, 0.2) is 5.82 Å². The quantitative estimate of drug-likeness (QED) is 0.925. The van der Waals surface area contributed by atoms with Gasteiger partial charge in [0.05, 0.1) is 5.02 Å². The summed E-state index contributed by atoms with van der Waals surface area (Å²) >= 11 is 10.2. The van der Waals surface area contributed by atoms with Crippen molar-refractivity contribution in [1.29, 1.82) is 0 Å². The molecule has 0 aromatic heterocycles. The lowest BCUT2D eigenvalue weighted by Crippen LogP contribution is -2.34. The van der Waals surface area contributed by atoms with Crippen molar-refractivity contribution in [3.05, 3.63) is 28.5 Å². The smallest absolute Gasteiger partial charge is 0.225 e. The van der Waals surface area contributed by atoms with Crippen molar-refractivity contribution in [1.82, 2.24) is 5.32 Å². The van der Waals surface area contributed by atoms with Gasteiger partial charge in [0.2, 0.25) is 5.91 Å². The maximum Gasteiger partial charge on any atom is 0.225 e. The lowest BCUT2D eigenvalue weighted by Gasteiger charge is -2.18. The third kappa shape index (κ3) is 3.46. The highest BCUT2D eigenvalue weighted by atomic mass is 35.5. The van der Waals surface area contributed by atoms with Crippen LogP contribution in [0, 0.1) is 11.2 Å². The van der Waals surface area contributed by atoms with E-state index in [1.54, 1.807) is 20.8 Å². The average Bonchev–Trinajstić information content (AvgIpc) is 2.27. The molecular formula is C12H14ClFN2OS. The Morgan fingerprint density at radius 2 is 2.11 bits per heavy atom. The standard InChI is InChI=1S/C12H14ClFN2OS/c1-12(2,3)11(17)15-6-7-4-5-8(13)10(16-18)9(7)14/h4-5H,6H2,1-3H3,(H,15,17). The number of hydrogen-bond acceptors (Lipinski definition) is 3. The fourth-order valence-electron chi connectivity index (χ4n) is 1.24. The minimum absolute atomic E-state index is 0.0609. The molecule has 1 amide bonds. The molecule has 0 radical (unpaired) electrons. The van der Waals surface area contributed by atoms with Crippen molar-refractivity contribution in [3.63, 3.8) is 0 Å². The molecule has 0 aliphatic heterocycles. The van der Waals surface area contributed by atoms with Crippen molar-refractivity contribution < 1.29 is 9.18 Å². The van der Waals surface area contributed by atoms with E-state index in [0.29, 0.717) is 5.56 Å². The topological polar surface area (TPSA) is 41.5 Å². The molecule has 0 unspecified atom stereocenters. The predicted molar refractivity (Wildman–Crippen MR) is 72.2 cm³/mol. The summed E-state index contributed by atoms with van der Waals surface area (Å²) in [4.78, 5) is 11.7. The second-order valence-corrected chi connectivity index (χ2v) is 5.48. The fourth-order valence-corrected chi connectivity index (χ4v) is 1.66. The molecule has 0 bridgehead atoms. The number of carbonyl (C=O) groups is 1. The van der Waals surface area contributed by atoms with Crippen LogP contribution in [0.15, 0.2) is 16.5 Å². The largest absolute Gasteiger partial charge is 0.351 e. The van der Waals surface area contributed by atoms with E-state index < -0.39 is 11.2 Å². The van der Waals surface area contributed by atoms with Gasteiger partial charge in [-0.1, -0.05) is 38.4 Å².